The summed E-state index contributed by atoms with van der Waals surface area (Å²) in [5.74, 6) is -0.290. The summed E-state index contributed by atoms with van der Waals surface area (Å²) < 4.78 is 0.815. The van der Waals surface area contributed by atoms with Crippen LogP contribution in [0, 0.1) is 0 Å². The highest BCUT2D eigenvalue weighted by atomic mass is 79.9. The van der Waals surface area contributed by atoms with Crippen LogP contribution in [0.3, 0.4) is 0 Å². The lowest BCUT2D eigenvalue weighted by Gasteiger charge is -2.36. The number of halogens is 1. The first-order chi connectivity index (χ1) is 9.50. The second-order valence-electron chi connectivity index (χ2n) is 4.81. The Morgan fingerprint density at radius 3 is 2.80 bits per heavy atom. The molecule has 0 radical (unpaired) electrons. The van der Waals surface area contributed by atoms with Crippen LogP contribution in [-0.2, 0) is 4.79 Å². The van der Waals surface area contributed by atoms with Gasteiger partial charge < -0.3 is 15.1 Å². The van der Waals surface area contributed by atoms with Crippen LogP contribution in [0.25, 0.3) is 0 Å². The molecular weight excluding hydrogens is 324 g/mol. The van der Waals surface area contributed by atoms with E-state index in [9.17, 15) is 9.59 Å². The molecule has 2 amide bonds. The number of hydrogen-bond acceptors (Lipinski definition) is 4. The molecule has 2 heterocycles. The van der Waals surface area contributed by atoms with Crippen molar-refractivity contribution in [3.8, 4) is 0 Å². The molecule has 2 rings (SSSR count). The third-order valence-corrected chi connectivity index (χ3v) is 3.65. The van der Waals surface area contributed by atoms with Crippen LogP contribution in [0.5, 0.6) is 0 Å². The van der Waals surface area contributed by atoms with Gasteiger partial charge in [-0.2, -0.15) is 0 Å². The molecule has 108 valence electrons. The second-order valence-corrected chi connectivity index (χ2v) is 5.73. The van der Waals surface area contributed by atoms with Crippen LogP contribution in [0.4, 0.5) is 0 Å². The smallest absolute Gasteiger partial charge is 0.273 e. The number of carbonyl (C=O) groups is 2. The highest BCUT2D eigenvalue weighted by Gasteiger charge is 2.33. The normalized spacial score (nSPS) is 18.8. The molecular formula is C13H17BrN4O2. The molecule has 0 saturated carbocycles. The second kappa shape index (κ2) is 6.32. The van der Waals surface area contributed by atoms with Gasteiger partial charge in [-0.05, 0) is 28.1 Å². The van der Waals surface area contributed by atoms with E-state index in [1.807, 2.05) is 0 Å². The standard InChI is InChI=1S/C13H17BrN4O2/c1-17(2)13(20)11-8-15-5-6-18(11)12(19)10-4-3-9(14)7-16-10/h3-4,7,11,15H,5-6,8H2,1-2H3. The molecule has 1 aliphatic rings. The molecule has 0 aliphatic carbocycles. The van der Waals surface area contributed by atoms with Gasteiger partial charge in [0.25, 0.3) is 5.91 Å². The minimum absolute atomic E-state index is 0.0809. The Bertz CT molecular complexity index is 504. The predicted octanol–water partition coefficient (Wildman–Crippen LogP) is 0.346. The fourth-order valence-corrected chi connectivity index (χ4v) is 2.35. The Morgan fingerprint density at radius 2 is 2.20 bits per heavy atom. The van der Waals surface area contributed by atoms with E-state index in [1.54, 1.807) is 37.3 Å². The summed E-state index contributed by atoms with van der Waals surface area (Å²) in [7, 11) is 3.38. The van der Waals surface area contributed by atoms with E-state index >= 15 is 0 Å². The van der Waals surface area contributed by atoms with Gasteiger partial charge in [0.2, 0.25) is 5.91 Å². The molecule has 1 aromatic heterocycles. The molecule has 20 heavy (non-hydrogen) atoms. The van der Waals surface area contributed by atoms with Crippen molar-refractivity contribution in [2.75, 3.05) is 33.7 Å². The zero-order valence-corrected chi connectivity index (χ0v) is 13.1. The number of hydrogen-bond donors (Lipinski definition) is 1. The van der Waals surface area contributed by atoms with Crippen molar-refractivity contribution in [1.82, 2.24) is 20.1 Å². The topological polar surface area (TPSA) is 65.5 Å². The summed E-state index contributed by atoms with van der Waals surface area (Å²) in [6.45, 7) is 1.65. The van der Waals surface area contributed by atoms with E-state index in [0.29, 0.717) is 25.3 Å². The highest BCUT2D eigenvalue weighted by molar-refractivity contribution is 9.10. The number of nitrogens with zero attached hydrogens (tertiary/aromatic N) is 3. The van der Waals surface area contributed by atoms with Gasteiger partial charge in [0, 0.05) is 44.4 Å². The average Bonchev–Trinajstić information content (AvgIpc) is 2.46. The Balaban J connectivity index is 2.21. The summed E-state index contributed by atoms with van der Waals surface area (Å²) in [6.07, 6.45) is 1.58. The van der Waals surface area contributed by atoms with E-state index < -0.39 is 6.04 Å². The first-order valence-electron chi connectivity index (χ1n) is 6.35. The number of piperazine rings is 1. The minimum atomic E-state index is -0.475. The maximum atomic E-state index is 12.5. The fraction of sp³-hybridized carbons (Fsp3) is 0.462. The molecule has 1 N–H and O–H groups in total. The van der Waals surface area contributed by atoms with Crippen LogP contribution in [0.1, 0.15) is 10.5 Å². The number of amides is 2. The number of carbonyl (C=O) groups excluding carboxylic acids is 2. The van der Waals surface area contributed by atoms with Crippen LogP contribution in [0.2, 0.25) is 0 Å². The largest absolute Gasteiger partial charge is 0.347 e. The summed E-state index contributed by atoms with van der Waals surface area (Å²) in [4.78, 5) is 31.9. The van der Waals surface area contributed by atoms with Crippen LogP contribution in [-0.4, -0.2) is 66.4 Å². The van der Waals surface area contributed by atoms with Gasteiger partial charge in [-0.3, -0.25) is 9.59 Å². The SMILES string of the molecule is CN(C)C(=O)C1CNCCN1C(=O)c1ccc(Br)cn1. The third-order valence-electron chi connectivity index (χ3n) is 3.18. The third kappa shape index (κ3) is 3.16. The van der Waals surface area contributed by atoms with Gasteiger partial charge in [0.05, 0.1) is 0 Å². The van der Waals surface area contributed by atoms with Gasteiger partial charge in [-0.25, -0.2) is 4.98 Å². The molecule has 7 heteroatoms. The van der Waals surface area contributed by atoms with Crippen molar-refractivity contribution in [2.24, 2.45) is 0 Å². The fourth-order valence-electron chi connectivity index (χ4n) is 2.12. The first kappa shape index (κ1) is 14.9. The number of likely N-dealkylation sites (N-methyl/N-ethyl adjacent to an activating group) is 1. The summed E-state index contributed by atoms with van der Waals surface area (Å²) >= 11 is 3.29. The first-order valence-corrected chi connectivity index (χ1v) is 7.14. The number of rotatable bonds is 2. The summed E-state index contributed by atoms with van der Waals surface area (Å²) in [5.41, 5.74) is 0.353. The van der Waals surface area contributed by atoms with Crippen molar-refractivity contribution >= 4 is 27.7 Å². The Morgan fingerprint density at radius 1 is 1.45 bits per heavy atom. The van der Waals surface area contributed by atoms with Gasteiger partial charge in [0.1, 0.15) is 11.7 Å². The summed E-state index contributed by atoms with van der Waals surface area (Å²) in [5, 5.41) is 3.15. The van der Waals surface area contributed by atoms with Crippen molar-refractivity contribution in [1.29, 1.82) is 0 Å². The molecule has 1 atom stereocenters. The molecule has 1 unspecified atom stereocenters. The Hall–Kier alpha value is -1.47. The summed E-state index contributed by atoms with van der Waals surface area (Å²) in [6, 6.07) is 2.95. The van der Waals surface area contributed by atoms with Crippen LogP contribution >= 0.6 is 15.9 Å². The maximum Gasteiger partial charge on any atom is 0.273 e. The molecule has 1 aromatic rings. The van der Waals surface area contributed by atoms with E-state index in [0.717, 1.165) is 4.47 Å². The van der Waals surface area contributed by atoms with Gasteiger partial charge in [-0.15, -0.1) is 0 Å². The maximum absolute atomic E-state index is 12.5. The van der Waals surface area contributed by atoms with Gasteiger partial charge in [-0.1, -0.05) is 0 Å². The van der Waals surface area contributed by atoms with Crippen molar-refractivity contribution in [3.05, 3.63) is 28.5 Å². The quantitative estimate of drug-likeness (QED) is 0.843. The van der Waals surface area contributed by atoms with E-state index in [2.05, 4.69) is 26.2 Å². The zero-order valence-electron chi connectivity index (χ0n) is 11.5. The number of pyridine rings is 1. The van der Waals surface area contributed by atoms with Crippen molar-refractivity contribution in [3.63, 3.8) is 0 Å². The lowest BCUT2D eigenvalue weighted by atomic mass is 10.1. The zero-order chi connectivity index (χ0) is 14.7. The molecule has 1 fully saturated rings. The Labute approximate surface area is 126 Å². The van der Waals surface area contributed by atoms with Crippen LogP contribution < -0.4 is 5.32 Å². The average molecular weight is 341 g/mol. The van der Waals surface area contributed by atoms with Crippen molar-refractivity contribution in [2.45, 2.75) is 6.04 Å². The lowest BCUT2D eigenvalue weighted by molar-refractivity contribution is -0.134. The van der Waals surface area contributed by atoms with Gasteiger partial charge >= 0.3 is 0 Å². The Kier molecular flexibility index (Phi) is 4.72. The number of nitrogens with one attached hydrogen (secondary N) is 1. The number of aromatic nitrogens is 1. The predicted molar refractivity (Wildman–Crippen MR) is 78.3 cm³/mol. The lowest BCUT2D eigenvalue weighted by Crippen LogP contribution is -2.59. The van der Waals surface area contributed by atoms with E-state index in [1.165, 1.54) is 4.90 Å². The van der Waals surface area contributed by atoms with E-state index in [-0.39, 0.29) is 11.8 Å². The van der Waals surface area contributed by atoms with E-state index in [4.69, 9.17) is 0 Å². The molecule has 1 aliphatic heterocycles. The minimum Gasteiger partial charge on any atom is -0.347 e. The van der Waals surface area contributed by atoms with Crippen molar-refractivity contribution < 1.29 is 9.59 Å². The highest BCUT2D eigenvalue weighted by Crippen LogP contribution is 2.13. The molecule has 0 bridgehead atoms. The molecule has 0 spiro atoms. The van der Waals surface area contributed by atoms with Gasteiger partial charge in [0.15, 0.2) is 0 Å². The monoisotopic (exact) mass is 340 g/mol. The molecule has 0 aromatic carbocycles. The molecule has 6 nitrogen and oxygen atoms in total. The molecule has 1 saturated heterocycles. The van der Waals surface area contributed by atoms with Crippen LogP contribution in [0.15, 0.2) is 22.8 Å².